The Labute approximate surface area is 124 Å². The van der Waals surface area contributed by atoms with Crippen molar-refractivity contribution in [3.8, 4) is 0 Å². The molecular weight excluding hydrogens is 283 g/mol. The summed E-state index contributed by atoms with van der Waals surface area (Å²) in [7, 11) is 1.52. The summed E-state index contributed by atoms with van der Waals surface area (Å²) in [4.78, 5) is 14.0. The lowest BCUT2D eigenvalue weighted by atomic mass is 10.0. The average Bonchev–Trinajstić information content (AvgIpc) is 2.45. The monoisotopic (exact) mass is 302 g/mol. The molecule has 1 aliphatic rings. The summed E-state index contributed by atoms with van der Waals surface area (Å²) in [6.07, 6.45) is -0.478. The molecule has 2 atom stereocenters. The van der Waals surface area contributed by atoms with E-state index in [1.54, 1.807) is 17.9 Å². The molecule has 1 aromatic rings. The van der Waals surface area contributed by atoms with Crippen LogP contribution in [0.3, 0.4) is 0 Å². The number of ether oxygens (including phenoxy) is 1. The van der Waals surface area contributed by atoms with Crippen molar-refractivity contribution in [2.45, 2.75) is 19.1 Å². The zero-order valence-electron chi connectivity index (χ0n) is 11.6. The van der Waals surface area contributed by atoms with Gasteiger partial charge in [-0.25, -0.2) is 4.39 Å². The van der Waals surface area contributed by atoms with E-state index in [0.717, 1.165) is 12.1 Å². The van der Waals surface area contributed by atoms with Gasteiger partial charge in [0.1, 0.15) is 11.9 Å². The first-order valence-electron chi connectivity index (χ1n) is 6.43. The van der Waals surface area contributed by atoms with Gasteiger partial charge in [0.25, 0.3) is 5.91 Å². The number of hydrogen-bond donors (Lipinski definition) is 1. The fourth-order valence-electron chi connectivity index (χ4n) is 2.31. The summed E-state index contributed by atoms with van der Waals surface area (Å²) in [5, 5.41) is 3.24. The fraction of sp³-hybridized carbons (Fsp3) is 0.500. The van der Waals surface area contributed by atoms with Crippen LogP contribution in [0.15, 0.2) is 24.3 Å². The maximum absolute atomic E-state index is 13.3. The first kappa shape index (κ1) is 16.9. The van der Waals surface area contributed by atoms with Crippen LogP contribution in [0, 0.1) is 5.82 Å². The van der Waals surface area contributed by atoms with E-state index in [2.05, 4.69) is 5.32 Å². The highest BCUT2D eigenvalue weighted by molar-refractivity contribution is 5.85. The molecule has 1 heterocycles. The van der Waals surface area contributed by atoms with Crippen LogP contribution in [-0.4, -0.2) is 43.7 Å². The summed E-state index contributed by atoms with van der Waals surface area (Å²) < 4.78 is 18.4. The first-order chi connectivity index (χ1) is 9.13. The van der Waals surface area contributed by atoms with Gasteiger partial charge in [-0.2, -0.15) is 0 Å². The Morgan fingerprint density at radius 2 is 2.30 bits per heavy atom. The predicted molar refractivity (Wildman–Crippen MR) is 77.4 cm³/mol. The van der Waals surface area contributed by atoms with Crippen molar-refractivity contribution in [2.24, 2.45) is 0 Å². The van der Waals surface area contributed by atoms with Gasteiger partial charge < -0.3 is 15.0 Å². The molecule has 0 saturated carbocycles. The van der Waals surface area contributed by atoms with Crippen LogP contribution in [0.25, 0.3) is 0 Å². The molecule has 6 heteroatoms. The number of benzene rings is 1. The maximum Gasteiger partial charge on any atom is 0.251 e. The van der Waals surface area contributed by atoms with Crippen molar-refractivity contribution >= 4 is 18.3 Å². The van der Waals surface area contributed by atoms with Crippen LogP contribution in [0.4, 0.5) is 4.39 Å². The van der Waals surface area contributed by atoms with E-state index in [1.165, 1.54) is 19.2 Å². The molecular formula is C14H20ClFN2O2. The topological polar surface area (TPSA) is 41.6 Å². The van der Waals surface area contributed by atoms with Crippen LogP contribution in [0.2, 0.25) is 0 Å². The third kappa shape index (κ3) is 3.69. The third-order valence-corrected chi connectivity index (χ3v) is 3.46. The third-order valence-electron chi connectivity index (χ3n) is 3.46. The summed E-state index contributed by atoms with van der Waals surface area (Å²) >= 11 is 0. The molecule has 1 amide bonds. The average molecular weight is 303 g/mol. The van der Waals surface area contributed by atoms with E-state index >= 15 is 0 Å². The lowest BCUT2D eigenvalue weighted by Gasteiger charge is -2.37. The number of amides is 1. The van der Waals surface area contributed by atoms with E-state index in [1.807, 2.05) is 6.07 Å². The second kappa shape index (κ2) is 7.57. The number of nitrogens with one attached hydrogen (secondary N) is 1. The number of hydrogen-bond acceptors (Lipinski definition) is 3. The smallest absolute Gasteiger partial charge is 0.251 e. The van der Waals surface area contributed by atoms with E-state index < -0.39 is 6.10 Å². The highest BCUT2D eigenvalue weighted by Gasteiger charge is 2.30. The summed E-state index contributed by atoms with van der Waals surface area (Å²) in [5.74, 6) is -0.339. The molecule has 1 aliphatic heterocycles. The zero-order valence-corrected chi connectivity index (χ0v) is 12.5. The molecule has 0 aromatic heterocycles. The molecule has 1 aromatic carbocycles. The molecule has 0 radical (unpaired) electrons. The molecule has 0 spiro atoms. The largest absolute Gasteiger partial charge is 0.372 e. The number of rotatable bonds is 3. The summed E-state index contributed by atoms with van der Waals surface area (Å²) in [5.41, 5.74) is 0.809. The SMILES string of the molecule is COC(C)C(=O)N1CCNCC1c1cccc(F)c1.Cl. The fourth-order valence-corrected chi connectivity index (χ4v) is 2.31. The Morgan fingerprint density at radius 3 is 2.95 bits per heavy atom. The lowest BCUT2D eigenvalue weighted by molar-refractivity contribution is -0.144. The second-order valence-corrected chi connectivity index (χ2v) is 4.68. The van der Waals surface area contributed by atoms with Crippen molar-refractivity contribution in [3.05, 3.63) is 35.6 Å². The van der Waals surface area contributed by atoms with Gasteiger partial charge in [0, 0.05) is 26.7 Å². The standard InChI is InChI=1S/C14H19FN2O2.ClH/c1-10(19-2)14(18)17-7-6-16-9-13(17)11-4-3-5-12(15)8-11;/h3-5,8,10,13,16H,6-7,9H2,1-2H3;1H. The number of halogens is 2. The van der Waals surface area contributed by atoms with E-state index in [0.29, 0.717) is 13.1 Å². The highest BCUT2D eigenvalue weighted by atomic mass is 35.5. The van der Waals surface area contributed by atoms with Gasteiger partial charge in [-0.15, -0.1) is 12.4 Å². The Bertz CT molecular complexity index is 459. The van der Waals surface area contributed by atoms with Crippen molar-refractivity contribution in [2.75, 3.05) is 26.7 Å². The van der Waals surface area contributed by atoms with Crippen LogP contribution < -0.4 is 5.32 Å². The van der Waals surface area contributed by atoms with Crippen molar-refractivity contribution < 1.29 is 13.9 Å². The molecule has 2 rings (SSSR count). The minimum absolute atomic E-state index is 0. The molecule has 1 fully saturated rings. The Kier molecular flexibility index (Phi) is 6.39. The Balaban J connectivity index is 0.00000200. The van der Waals surface area contributed by atoms with E-state index in [-0.39, 0.29) is 30.2 Å². The number of carbonyl (C=O) groups is 1. The Morgan fingerprint density at radius 1 is 1.55 bits per heavy atom. The Hall–Kier alpha value is -1.17. The van der Waals surface area contributed by atoms with Gasteiger partial charge in [-0.3, -0.25) is 4.79 Å². The summed E-state index contributed by atoms with van der Waals surface area (Å²) in [6, 6.07) is 6.26. The number of carbonyl (C=O) groups excluding carboxylic acids is 1. The minimum Gasteiger partial charge on any atom is -0.372 e. The van der Waals surface area contributed by atoms with Crippen molar-refractivity contribution in [1.29, 1.82) is 0 Å². The summed E-state index contributed by atoms with van der Waals surface area (Å²) in [6.45, 7) is 3.71. The highest BCUT2D eigenvalue weighted by Crippen LogP contribution is 2.23. The van der Waals surface area contributed by atoms with Gasteiger partial charge in [0.05, 0.1) is 6.04 Å². The number of piperazine rings is 1. The van der Waals surface area contributed by atoms with Crippen LogP contribution in [-0.2, 0) is 9.53 Å². The molecule has 1 saturated heterocycles. The van der Waals surface area contributed by atoms with Gasteiger partial charge >= 0.3 is 0 Å². The van der Waals surface area contributed by atoms with Crippen LogP contribution in [0.5, 0.6) is 0 Å². The number of nitrogens with zero attached hydrogens (tertiary/aromatic N) is 1. The lowest BCUT2D eigenvalue weighted by Crippen LogP contribution is -2.51. The molecule has 20 heavy (non-hydrogen) atoms. The second-order valence-electron chi connectivity index (χ2n) is 4.68. The first-order valence-corrected chi connectivity index (χ1v) is 6.43. The molecule has 0 bridgehead atoms. The van der Waals surface area contributed by atoms with Gasteiger partial charge in [0.2, 0.25) is 0 Å². The minimum atomic E-state index is -0.478. The molecule has 112 valence electrons. The van der Waals surface area contributed by atoms with Gasteiger partial charge in [-0.05, 0) is 24.6 Å². The van der Waals surface area contributed by atoms with E-state index in [4.69, 9.17) is 4.74 Å². The maximum atomic E-state index is 13.3. The molecule has 2 unspecified atom stereocenters. The molecule has 4 nitrogen and oxygen atoms in total. The number of methoxy groups -OCH3 is 1. The molecule has 0 aliphatic carbocycles. The van der Waals surface area contributed by atoms with Gasteiger partial charge in [0.15, 0.2) is 0 Å². The van der Waals surface area contributed by atoms with Crippen LogP contribution in [0.1, 0.15) is 18.5 Å². The van der Waals surface area contributed by atoms with E-state index in [9.17, 15) is 9.18 Å². The van der Waals surface area contributed by atoms with Crippen LogP contribution >= 0.6 is 12.4 Å². The quantitative estimate of drug-likeness (QED) is 0.925. The van der Waals surface area contributed by atoms with Crippen molar-refractivity contribution in [3.63, 3.8) is 0 Å². The van der Waals surface area contributed by atoms with Gasteiger partial charge in [-0.1, -0.05) is 12.1 Å². The molecule has 1 N–H and O–H groups in total. The van der Waals surface area contributed by atoms with Crippen molar-refractivity contribution in [1.82, 2.24) is 10.2 Å². The normalized spacial score (nSPS) is 20.1. The zero-order chi connectivity index (χ0) is 13.8. The predicted octanol–water partition coefficient (Wildman–Crippen LogP) is 1.76.